The first-order valence-corrected chi connectivity index (χ1v) is 8.73. The molecule has 0 saturated heterocycles. The van der Waals surface area contributed by atoms with Gasteiger partial charge in [-0.15, -0.1) is 0 Å². The molecule has 2 heterocycles. The van der Waals surface area contributed by atoms with Gasteiger partial charge in [0.05, 0.1) is 12.0 Å². The fraction of sp³-hybridized carbons (Fsp3) is 0.0952. The number of rotatable bonds is 6. The molecule has 0 aliphatic rings. The Hall–Kier alpha value is -3.87. The van der Waals surface area contributed by atoms with Gasteiger partial charge >= 0.3 is 0 Å². The van der Waals surface area contributed by atoms with Crippen LogP contribution in [0.15, 0.2) is 61.1 Å². The van der Waals surface area contributed by atoms with Crippen molar-refractivity contribution in [1.29, 1.82) is 0 Å². The number of anilines is 1. The molecule has 0 fully saturated rings. The number of hydrogen-bond acceptors (Lipinski definition) is 6. The topological polar surface area (TPSA) is 103 Å². The van der Waals surface area contributed by atoms with Crippen molar-refractivity contribution < 1.29 is 14.6 Å². The van der Waals surface area contributed by atoms with Crippen molar-refractivity contribution in [3.05, 3.63) is 66.6 Å². The summed E-state index contributed by atoms with van der Waals surface area (Å²) in [7, 11) is 0. The van der Waals surface area contributed by atoms with Crippen molar-refractivity contribution in [2.24, 2.45) is 0 Å². The molecule has 0 spiro atoms. The van der Waals surface area contributed by atoms with Crippen LogP contribution in [-0.2, 0) is 16.0 Å². The molecule has 0 amide bonds. The molecule has 4 aromatic rings. The predicted molar refractivity (Wildman–Crippen MR) is 106 cm³/mol. The van der Waals surface area contributed by atoms with E-state index in [4.69, 9.17) is 10.5 Å². The van der Waals surface area contributed by atoms with Crippen LogP contribution in [-0.4, -0.2) is 32.7 Å². The Bertz CT molecular complexity index is 1120. The van der Waals surface area contributed by atoms with Crippen LogP contribution in [0, 0.1) is 0 Å². The van der Waals surface area contributed by atoms with Gasteiger partial charge in [-0.1, -0.05) is 24.3 Å². The van der Waals surface area contributed by atoms with Gasteiger partial charge in [-0.2, -0.15) is 0 Å². The zero-order chi connectivity index (χ0) is 19.5. The first-order valence-electron chi connectivity index (χ1n) is 8.73. The van der Waals surface area contributed by atoms with E-state index in [1.165, 1.54) is 6.33 Å². The van der Waals surface area contributed by atoms with E-state index in [1.54, 1.807) is 12.1 Å². The van der Waals surface area contributed by atoms with Crippen LogP contribution < -0.4 is 5.73 Å². The third kappa shape index (κ3) is 3.25. The van der Waals surface area contributed by atoms with E-state index in [2.05, 4.69) is 9.97 Å². The van der Waals surface area contributed by atoms with Crippen LogP contribution in [0.4, 0.5) is 5.82 Å². The summed E-state index contributed by atoms with van der Waals surface area (Å²) < 4.78 is 6.71. The summed E-state index contributed by atoms with van der Waals surface area (Å²) >= 11 is 0. The highest BCUT2D eigenvalue weighted by Crippen LogP contribution is 2.34. The molecule has 0 aliphatic carbocycles. The number of carbonyl (C=O) groups is 1. The van der Waals surface area contributed by atoms with Gasteiger partial charge in [0, 0.05) is 23.9 Å². The number of aromatic hydroxyl groups is 1. The zero-order valence-electron chi connectivity index (χ0n) is 14.9. The van der Waals surface area contributed by atoms with Crippen LogP contribution in [0.5, 0.6) is 5.75 Å². The fourth-order valence-electron chi connectivity index (χ4n) is 3.19. The Balaban J connectivity index is 1.78. The van der Waals surface area contributed by atoms with Gasteiger partial charge in [0.1, 0.15) is 17.9 Å². The molecule has 2 aromatic carbocycles. The predicted octanol–water partition coefficient (Wildman–Crippen LogP) is 3.09. The van der Waals surface area contributed by atoms with Crippen LogP contribution in [0.1, 0.15) is 5.56 Å². The molecule has 0 atom stereocenters. The molecule has 7 heteroatoms. The molecule has 0 radical (unpaired) electrons. The van der Waals surface area contributed by atoms with E-state index in [1.807, 2.05) is 47.2 Å². The second kappa shape index (κ2) is 7.40. The van der Waals surface area contributed by atoms with Gasteiger partial charge in [0.15, 0.2) is 5.65 Å². The summed E-state index contributed by atoms with van der Waals surface area (Å²) in [6.07, 6.45) is 4.06. The monoisotopic (exact) mass is 374 g/mol. The molecule has 7 nitrogen and oxygen atoms in total. The van der Waals surface area contributed by atoms with Crippen LogP contribution in [0.3, 0.4) is 0 Å². The second-order valence-electron chi connectivity index (χ2n) is 6.30. The minimum atomic E-state index is 0.200. The highest BCUT2D eigenvalue weighted by Gasteiger charge is 2.16. The second-order valence-corrected chi connectivity index (χ2v) is 6.30. The van der Waals surface area contributed by atoms with Gasteiger partial charge < -0.3 is 20.1 Å². The van der Waals surface area contributed by atoms with Crippen molar-refractivity contribution >= 4 is 23.3 Å². The van der Waals surface area contributed by atoms with E-state index < -0.39 is 0 Å². The number of fused-ring (bicyclic) bond motifs is 1. The third-order valence-electron chi connectivity index (χ3n) is 4.58. The number of aromatic nitrogens is 3. The summed E-state index contributed by atoms with van der Waals surface area (Å²) in [4.78, 5) is 18.8. The number of benzene rings is 2. The SMILES string of the molecule is Nc1ncnc2c1c(-c1ccc(O)cc1)cn2-c1ccc(CCOC=O)cc1. The van der Waals surface area contributed by atoms with Crippen LogP contribution in [0.25, 0.3) is 27.8 Å². The summed E-state index contributed by atoms with van der Waals surface area (Å²) in [6.45, 7) is 0.805. The minimum Gasteiger partial charge on any atom is -0.508 e. The number of nitrogens with two attached hydrogens (primary N) is 1. The molecule has 0 aliphatic heterocycles. The fourth-order valence-corrected chi connectivity index (χ4v) is 3.19. The minimum absolute atomic E-state index is 0.200. The highest BCUT2D eigenvalue weighted by atomic mass is 16.5. The molecule has 140 valence electrons. The number of carbonyl (C=O) groups excluding carboxylic acids is 1. The van der Waals surface area contributed by atoms with E-state index in [9.17, 15) is 9.90 Å². The Labute approximate surface area is 161 Å². The van der Waals surface area contributed by atoms with Gasteiger partial charge in [0.25, 0.3) is 6.47 Å². The highest BCUT2D eigenvalue weighted by molar-refractivity contribution is 6.01. The lowest BCUT2D eigenvalue weighted by Crippen LogP contribution is -1.99. The molecular formula is C21H18N4O3. The van der Waals surface area contributed by atoms with E-state index in [0.29, 0.717) is 31.0 Å². The molecule has 0 unspecified atom stereocenters. The maximum absolute atomic E-state index is 10.3. The molecular weight excluding hydrogens is 356 g/mol. The lowest BCUT2D eigenvalue weighted by Gasteiger charge is -2.06. The van der Waals surface area contributed by atoms with Gasteiger partial charge in [-0.3, -0.25) is 4.79 Å². The van der Waals surface area contributed by atoms with Gasteiger partial charge in [0.2, 0.25) is 0 Å². The van der Waals surface area contributed by atoms with Crippen molar-refractivity contribution in [3.8, 4) is 22.6 Å². The molecule has 0 saturated carbocycles. The van der Waals surface area contributed by atoms with Crippen LogP contribution in [0.2, 0.25) is 0 Å². The first kappa shape index (κ1) is 17.5. The Morgan fingerprint density at radius 2 is 1.82 bits per heavy atom. The zero-order valence-corrected chi connectivity index (χ0v) is 14.9. The normalized spacial score (nSPS) is 10.9. The van der Waals surface area contributed by atoms with E-state index in [0.717, 1.165) is 27.8 Å². The standard InChI is InChI=1S/C21H18N4O3/c22-20-19-18(15-3-7-17(27)8-4-15)11-25(21(19)24-12-23-20)16-5-1-14(2-6-16)9-10-28-13-26/h1-8,11-13,27H,9-10H2,(H2,22,23,24). The number of phenolic OH excluding ortho intramolecular Hbond substituents is 1. The van der Waals surface area contributed by atoms with Gasteiger partial charge in [-0.05, 0) is 35.4 Å². The average molecular weight is 374 g/mol. The summed E-state index contributed by atoms with van der Waals surface area (Å²) in [5.41, 5.74) is 10.6. The largest absolute Gasteiger partial charge is 0.508 e. The smallest absolute Gasteiger partial charge is 0.293 e. The van der Waals surface area contributed by atoms with E-state index in [-0.39, 0.29) is 5.75 Å². The quantitative estimate of drug-likeness (QED) is 0.397. The molecule has 28 heavy (non-hydrogen) atoms. The van der Waals surface area contributed by atoms with Gasteiger partial charge in [-0.25, -0.2) is 9.97 Å². The number of nitrogens with zero attached hydrogens (tertiary/aromatic N) is 3. The van der Waals surface area contributed by atoms with Crippen molar-refractivity contribution in [1.82, 2.24) is 14.5 Å². The molecule has 3 N–H and O–H groups in total. The van der Waals surface area contributed by atoms with Crippen molar-refractivity contribution in [2.75, 3.05) is 12.3 Å². The Kier molecular flexibility index (Phi) is 4.63. The lowest BCUT2D eigenvalue weighted by molar-refractivity contribution is -0.128. The third-order valence-corrected chi connectivity index (χ3v) is 4.58. The molecule has 0 bridgehead atoms. The lowest BCUT2D eigenvalue weighted by atomic mass is 10.1. The summed E-state index contributed by atoms with van der Waals surface area (Å²) in [6, 6.07) is 14.9. The van der Waals surface area contributed by atoms with E-state index >= 15 is 0 Å². The maximum atomic E-state index is 10.3. The number of hydrogen-bond donors (Lipinski definition) is 2. The summed E-state index contributed by atoms with van der Waals surface area (Å²) in [5.74, 6) is 0.598. The molecule has 2 aromatic heterocycles. The number of nitrogen functional groups attached to an aromatic ring is 1. The first-order chi connectivity index (χ1) is 13.7. The molecule has 4 rings (SSSR count). The maximum Gasteiger partial charge on any atom is 0.293 e. The summed E-state index contributed by atoms with van der Waals surface area (Å²) in [5, 5.41) is 10.3. The number of phenols is 1. The Morgan fingerprint density at radius 3 is 2.54 bits per heavy atom. The Morgan fingerprint density at radius 1 is 1.07 bits per heavy atom. The average Bonchev–Trinajstić information content (AvgIpc) is 3.10. The van der Waals surface area contributed by atoms with Crippen molar-refractivity contribution in [3.63, 3.8) is 0 Å². The number of ether oxygens (including phenoxy) is 1. The van der Waals surface area contributed by atoms with Crippen LogP contribution >= 0.6 is 0 Å². The van der Waals surface area contributed by atoms with Crippen molar-refractivity contribution in [2.45, 2.75) is 6.42 Å².